The van der Waals surface area contributed by atoms with Crippen molar-refractivity contribution in [3.63, 3.8) is 0 Å². The number of hydrogen-bond acceptors (Lipinski definition) is 3. The molecule has 1 aromatic rings. The Kier molecular flexibility index (Phi) is 2.13. The molecular formula is C12H13Cl2N3. The average molecular weight is 270 g/mol. The van der Waals surface area contributed by atoms with Crippen LogP contribution in [0.4, 0.5) is 5.69 Å². The highest BCUT2D eigenvalue weighted by Gasteiger charge is 2.65. The smallest absolute Gasteiger partial charge is 0.174 e. The molecule has 4 atom stereocenters. The number of halogens is 2. The predicted octanol–water partition coefficient (Wildman–Crippen LogP) is 3.24. The van der Waals surface area contributed by atoms with Crippen LogP contribution in [0, 0.1) is 23.7 Å². The van der Waals surface area contributed by atoms with Crippen LogP contribution < -0.4 is 5.32 Å². The molecule has 3 nitrogen and oxygen atoms in total. The van der Waals surface area contributed by atoms with Crippen molar-refractivity contribution in [2.45, 2.75) is 25.3 Å². The van der Waals surface area contributed by atoms with Crippen LogP contribution >= 0.6 is 23.2 Å². The highest BCUT2D eigenvalue weighted by molar-refractivity contribution is 6.33. The summed E-state index contributed by atoms with van der Waals surface area (Å²) in [5.41, 5.74) is 0.838. The molecule has 0 spiro atoms. The summed E-state index contributed by atoms with van der Waals surface area (Å²) in [6.07, 6.45) is 4.30. The normalized spacial score (nSPS) is 41.4. The van der Waals surface area contributed by atoms with Gasteiger partial charge in [-0.3, -0.25) is 0 Å². The molecule has 90 valence electrons. The molecule has 0 radical (unpaired) electrons. The lowest BCUT2D eigenvalue weighted by Crippen LogP contribution is -2.13. The van der Waals surface area contributed by atoms with Gasteiger partial charge in [0.25, 0.3) is 0 Å². The molecule has 3 fully saturated rings. The lowest BCUT2D eigenvalue weighted by atomic mass is 10.0. The minimum Gasteiger partial charge on any atom is -0.379 e. The summed E-state index contributed by atoms with van der Waals surface area (Å²) in [4.78, 5) is 0. The first kappa shape index (κ1) is 10.4. The van der Waals surface area contributed by atoms with Gasteiger partial charge in [-0.15, -0.1) is 10.2 Å². The lowest BCUT2D eigenvalue weighted by Gasteiger charge is -2.12. The van der Waals surface area contributed by atoms with Crippen molar-refractivity contribution in [2.24, 2.45) is 23.7 Å². The standard InChI is InChI=1S/C12H13Cl2N3/c13-8-4-7(12(14)17-16-8)15-11-9-5-1-2-6(3-5)10(9)11/h4-6,9-11H,1-3H2,(H,15,16). The third-order valence-corrected chi connectivity index (χ3v) is 5.24. The van der Waals surface area contributed by atoms with Gasteiger partial charge in [0.05, 0.1) is 5.69 Å². The second-order valence-electron chi connectivity index (χ2n) is 5.53. The maximum absolute atomic E-state index is 6.02. The topological polar surface area (TPSA) is 37.8 Å². The molecule has 0 amide bonds. The van der Waals surface area contributed by atoms with E-state index in [0.29, 0.717) is 16.3 Å². The number of nitrogens with zero attached hydrogens (tertiary/aromatic N) is 2. The van der Waals surface area contributed by atoms with Gasteiger partial charge in [0.15, 0.2) is 10.3 Å². The number of fused-ring (bicyclic) bond motifs is 5. The number of aromatic nitrogens is 2. The maximum Gasteiger partial charge on any atom is 0.174 e. The van der Waals surface area contributed by atoms with Gasteiger partial charge in [-0.05, 0) is 42.9 Å². The summed E-state index contributed by atoms with van der Waals surface area (Å²) < 4.78 is 0. The van der Waals surface area contributed by atoms with Crippen molar-refractivity contribution in [1.29, 1.82) is 0 Å². The highest BCUT2D eigenvalue weighted by Crippen LogP contribution is 2.66. The van der Waals surface area contributed by atoms with Gasteiger partial charge in [0, 0.05) is 12.1 Å². The molecule has 0 aromatic carbocycles. The van der Waals surface area contributed by atoms with Crippen molar-refractivity contribution >= 4 is 28.9 Å². The van der Waals surface area contributed by atoms with E-state index < -0.39 is 0 Å². The number of rotatable bonds is 2. The Morgan fingerprint density at radius 3 is 2.53 bits per heavy atom. The van der Waals surface area contributed by atoms with Gasteiger partial charge in [0.2, 0.25) is 0 Å². The Bertz CT molecular complexity index is 463. The molecule has 4 unspecified atom stereocenters. The van der Waals surface area contributed by atoms with Crippen molar-refractivity contribution in [3.05, 3.63) is 16.4 Å². The van der Waals surface area contributed by atoms with E-state index in [9.17, 15) is 0 Å². The molecular weight excluding hydrogens is 257 g/mol. The van der Waals surface area contributed by atoms with E-state index in [4.69, 9.17) is 23.2 Å². The number of hydrogen-bond donors (Lipinski definition) is 1. The summed E-state index contributed by atoms with van der Waals surface area (Å²) in [5.74, 6) is 3.65. The SMILES string of the molecule is Clc1cc(NC2C3C4CCC(C4)C23)c(Cl)nn1. The summed E-state index contributed by atoms with van der Waals surface area (Å²) >= 11 is 11.9. The van der Waals surface area contributed by atoms with Crippen LogP contribution in [0.1, 0.15) is 19.3 Å². The maximum atomic E-state index is 6.02. The van der Waals surface area contributed by atoms with Gasteiger partial charge >= 0.3 is 0 Å². The number of nitrogens with one attached hydrogen (secondary N) is 1. The highest BCUT2D eigenvalue weighted by atomic mass is 35.5. The molecule has 5 heteroatoms. The Hall–Kier alpha value is -0.540. The summed E-state index contributed by atoms with van der Waals surface area (Å²) in [6, 6.07) is 2.37. The summed E-state index contributed by atoms with van der Waals surface area (Å²) in [7, 11) is 0. The Balaban J connectivity index is 1.54. The largest absolute Gasteiger partial charge is 0.379 e. The first-order chi connectivity index (χ1) is 8.24. The van der Waals surface area contributed by atoms with E-state index in [1.54, 1.807) is 6.07 Å². The van der Waals surface area contributed by atoms with E-state index in [1.807, 2.05) is 0 Å². The molecule has 4 rings (SSSR count). The minimum atomic E-state index is 0.394. The molecule has 1 aromatic heterocycles. The molecule has 3 saturated carbocycles. The second-order valence-corrected chi connectivity index (χ2v) is 6.27. The third-order valence-electron chi connectivity index (χ3n) is 4.78. The van der Waals surface area contributed by atoms with Crippen LogP contribution in [-0.2, 0) is 0 Å². The lowest BCUT2D eigenvalue weighted by molar-refractivity contribution is 0.456. The van der Waals surface area contributed by atoms with Gasteiger partial charge in [-0.25, -0.2) is 0 Å². The van der Waals surface area contributed by atoms with Crippen molar-refractivity contribution < 1.29 is 0 Å². The monoisotopic (exact) mass is 269 g/mol. The van der Waals surface area contributed by atoms with E-state index in [1.165, 1.54) is 19.3 Å². The van der Waals surface area contributed by atoms with Crippen LogP contribution in [0.25, 0.3) is 0 Å². The zero-order chi connectivity index (χ0) is 11.6. The van der Waals surface area contributed by atoms with E-state index in [-0.39, 0.29) is 0 Å². The van der Waals surface area contributed by atoms with E-state index in [0.717, 1.165) is 29.4 Å². The molecule has 3 aliphatic rings. The molecule has 0 aliphatic heterocycles. The second kappa shape index (κ2) is 3.48. The van der Waals surface area contributed by atoms with Gasteiger partial charge in [-0.2, -0.15) is 0 Å². The van der Waals surface area contributed by atoms with E-state index >= 15 is 0 Å². The fourth-order valence-electron chi connectivity index (χ4n) is 4.15. The van der Waals surface area contributed by atoms with Gasteiger partial charge < -0.3 is 5.32 Å². The van der Waals surface area contributed by atoms with E-state index in [2.05, 4.69) is 15.5 Å². The fourth-order valence-corrected chi connectivity index (χ4v) is 4.45. The fraction of sp³-hybridized carbons (Fsp3) is 0.667. The quantitative estimate of drug-likeness (QED) is 0.896. The van der Waals surface area contributed by atoms with Crippen LogP contribution in [0.2, 0.25) is 10.3 Å². The first-order valence-corrected chi connectivity index (χ1v) is 6.95. The average Bonchev–Trinajstić information content (AvgIpc) is 2.72. The molecule has 3 aliphatic carbocycles. The minimum absolute atomic E-state index is 0.394. The Morgan fingerprint density at radius 1 is 1.12 bits per heavy atom. The zero-order valence-corrected chi connectivity index (χ0v) is 10.7. The van der Waals surface area contributed by atoms with Crippen molar-refractivity contribution in [3.8, 4) is 0 Å². The van der Waals surface area contributed by atoms with Gasteiger partial charge in [-0.1, -0.05) is 23.2 Å². The summed E-state index contributed by atoms with van der Waals surface area (Å²) in [6.45, 7) is 0. The Labute approximate surface area is 110 Å². The van der Waals surface area contributed by atoms with Crippen LogP contribution in [0.3, 0.4) is 0 Å². The predicted molar refractivity (Wildman–Crippen MR) is 67.3 cm³/mol. The summed E-state index contributed by atoms with van der Waals surface area (Å²) in [5, 5.41) is 11.9. The zero-order valence-electron chi connectivity index (χ0n) is 9.24. The molecule has 17 heavy (non-hydrogen) atoms. The Morgan fingerprint density at radius 2 is 1.82 bits per heavy atom. The molecule has 1 heterocycles. The van der Waals surface area contributed by atoms with Crippen LogP contribution in [0.15, 0.2) is 6.07 Å². The first-order valence-electron chi connectivity index (χ1n) is 6.19. The van der Waals surface area contributed by atoms with Crippen LogP contribution in [-0.4, -0.2) is 16.2 Å². The van der Waals surface area contributed by atoms with Crippen molar-refractivity contribution in [1.82, 2.24) is 10.2 Å². The van der Waals surface area contributed by atoms with Crippen LogP contribution in [0.5, 0.6) is 0 Å². The van der Waals surface area contributed by atoms with Gasteiger partial charge in [0.1, 0.15) is 0 Å². The molecule has 2 bridgehead atoms. The third kappa shape index (κ3) is 1.48. The van der Waals surface area contributed by atoms with Crippen molar-refractivity contribution in [2.75, 3.05) is 5.32 Å². The molecule has 0 saturated heterocycles. The number of anilines is 1. The molecule has 1 N–H and O–H groups in total.